The second-order valence-electron chi connectivity index (χ2n) is 6.91. The van der Waals surface area contributed by atoms with Gasteiger partial charge >= 0.3 is 0 Å². The molecule has 1 aromatic rings. The SMILES string of the molecule is C[C@H]1C[C@@H]1c1ccc(/C=C/C(=O)NCC(=O)NC(C)(C)C)o1. The van der Waals surface area contributed by atoms with E-state index in [9.17, 15) is 9.59 Å². The third kappa shape index (κ3) is 5.06. The smallest absolute Gasteiger partial charge is 0.244 e. The molecule has 2 rings (SSSR count). The van der Waals surface area contributed by atoms with Crippen molar-refractivity contribution in [2.24, 2.45) is 5.92 Å². The lowest BCUT2D eigenvalue weighted by Crippen LogP contribution is -2.45. The van der Waals surface area contributed by atoms with Crippen LogP contribution in [-0.2, 0) is 9.59 Å². The van der Waals surface area contributed by atoms with Gasteiger partial charge in [0.15, 0.2) is 0 Å². The standard InChI is InChI=1S/C17H24N2O3/c1-11-9-13(11)14-7-5-12(22-14)6-8-15(20)18-10-16(21)19-17(2,3)4/h5-8,11,13H,9-10H2,1-4H3,(H,18,20)(H,19,21)/b8-6+/t11-,13-/m0/s1. The number of rotatable bonds is 5. The minimum absolute atomic E-state index is 0.0383. The molecule has 0 unspecified atom stereocenters. The van der Waals surface area contributed by atoms with Crippen LogP contribution in [0.3, 0.4) is 0 Å². The van der Waals surface area contributed by atoms with Crippen LogP contribution in [0, 0.1) is 5.92 Å². The summed E-state index contributed by atoms with van der Waals surface area (Å²) >= 11 is 0. The predicted octanol–water partition coefficient (Wildman–Crippen LogP) is 2.45. The molecular weight excluding hydrogens is 280 g/mol. The van der Waals surface area contributed by atoms with Gasteiger partial charge in [-0.1, -0.05) is 6.92 Å². The Hall–Kier alpha value is -2.04. The number of carbonyl (C=O) groups excluding carboxylic acids is 2. The quantitative estimate of drug-likeness (QED) is 0.821. The van der Waals surface area contributed by atoms with Crippen LogP contribution >= 0.6 is 0 Å². The topological polar surface area (TPSA) is 71.3 Å². The summed E-state index contributed by atoms with van der Waals surface area (Å²) in [5.41, 5.74) is -0.303. The summed E-state index contributed by atoms with van der Waals surface area (Å²) in [7, 11) is 0. The molecule has 1 heterocycles. The summed E-state index contributed by atoms with van der Waals surface area (Å²) < 4.78 is 5.67. The second kappa shape index (κ2) is 6.38. The molecule has 1 aliphatic carbocycles. The number of amides is 2. The predicted molar refractivity (Wildman–Crippen MR) is 85.2 cm³/mol. The molecule has 0 saturated heterocycles. The Labute approximate surface area is 131 Å². The number of hydrogen-bond donors (Lipinski definition) is 2. The Morgan fingerprint density at radius 3 is 2.64 bits per heavy atom. The number of hydrogen-bond acceptors (Lipinski definition) is 3. The van der Waals surface area contributed by atoms with Crippen LogP contribution in [0.2, 0.25) is 0 Å². The zero-order valence-electron chi connectivity index (χ0n) is 13.6. The fourth-order valence-electron chi connectivity index (χ4n) is 2.22. The van der Waals surface area contributed by atoms with Gasteiger partial charge in [-0.3, -0.25) is 9.59 Å². The first-order valence-corrected chi connectivity index (χ1v) is 7.61. The largest absolute Gasteiger partial charge is 0.461 e. The maximum absolute atomic E-state index is 11.7. The molecule has 2 atom stereocenters. The molecule has 0 radical (unpaired) electrons. The van der Waals surface area contributed by atoms with Crippen LogP contribution in [0.1, 0.15) is 51.6 Å². The molecule has 120 valence electrons. The Bertz CT molecular complexity index is 581. The summed E-state index contributed by atoms with van der Waals surface area (Å²) in [5, 5.41) is 5.32. The fourth-order valence-corrected chi connectivity index (χ4v) is 2.22. The van der Waals surface area contributed by atoms with Crippen molar-refractivity contribution in [2.45, 2.75) is 45.6 Å². The van der Waals surface area contributed by atoms with Gasteiger partial charge in [0, 0.05) is 17.5 Å². The fraction of sp³-hybridized carbons (Fsp3) is 0.529. The zero-order valence-corrected chi connectivity index (χ0v) is 13.6. The van der Waals surface area contributed by atoms with Gasteiger partial charge in [0.2, 0.25) is 11.8 Å². The van der Waals surface area contributed by atoms with Gasteiger partial charge in [-0.2, -0.15) is 0 Å². The minimum atomic E-state index is -0.318. The van der Waals surface area contributed by atoms with Crippen molar-refractivity contribution in [3.05, 3.63) is 29.7 Å². The first-order chi connectivity index (χ1) is 10.2. The first-order valence-electron chi connectivity index (χ1n) is 7.61. The van der Waals surface area contributed by atoms with Crippen molar-refractivity contribution >= 4 is 17.9 Å². The van der Waals surface area contributed by atoms with E-state index in [2.05, 4.69) is 17.6 Å². The third-order valence-corrected chi connectivity index (χ3v) is 3.46. The molecule has 5 nitrogen and oxygen atoms in total. The summed E-state index contributed by atoms with van der Waals surface area (Å²) in [6.07, 6.45) is 4.16. The molecule has 1 aliphatic rings. The van der Waals surface area contributed by atoms with E-state index in [0.717, 1.165) is 5.76 Å². The van der Waals surface area contributed by atoms with Gasteiger partial charge in [-0.15, -0.1) is 0 Å². The highest BCUT2D eigenvalue weighted by molar-refractivity contribution is 5.94. The van der Waals surface area contributed by atoms with Gasteiger partial charge in [-0.25, -0.2) is 0 Å². The molecule has 1 fully saturated rings. The Morgan fingerprint density at radius 1 is 1.36 bits per heavy atom. The van der Waals surface area contributed by atoms with E-state index >= 15 is 0 Å². The molecule has 2 amide bonds. The monoisotopic (exact) mass is 304 g/mol. The Balaban J connectivity index is 1.77. The van der Waals surface area contributed by atoms with Crippen LogP contribution < -0.4 is 10.6 Å². The van der Waals surface area contributed by atoms with Crippen molar-refractivity contribution in [1.29, 1.82) is 0 Å². The van der Waals surface area contributed by atoms with Crippen LogP contribution in [0.5, 0.6) is 0 Å². The van der Waals surface area contributed by atoms with E-state index in [1.54, 1.807) is 6.08 Å². The Kier molecular flexibility index (Phi) is 4.74. The van der Waals surface area contributed by atoms with Crippen molar-refractivity contribution in [3.8, 4) is 0 Å². The van der Waals surface area contributed by atoms with Crippen LogP contribution in [0.25, 0.3) is 6.08 Å². The Morgan fingerprint density at radius 2 is 2.05 bits per heavy atom. The van der Waals surface area contributed by atoms with E-state index in [0.29, 0.717) is 17.6 Å². The lowest BCUT2D eigenvalue weighted by Gasteiger charge is -2.20. The summed E-state index contributed by atoms with van der Waals surface area (Å²) in [5.74, 6) is 2.32. The summed E-state index contributed by atoms with van der Waals surface area (Å²) in [6, 6.07) is 3.82. The van der Waals surface area contributed by atoms with Crippen molar-refractivity contribution in [1.82, 2.24) is 10.6 Å². The molecule has 0 aromatic carbocycles. The molecule has 0 bridgehead atoms. The van der Waals surface area contributed by atoms with Crippen LogP contribution in [-0.4, -0.2) is 23.9 Å². The van der Waals surface area contributed by atoms with Gasteiger partial charge in [0.1, 0.15) is 11.5 Å². The maximum atomic E-state index is 11.7. The molecule has 1 aromatic heterocycles. The van der Waals surface area contributed by atoms with Gasteiger partial charge in [0.05, 0.1) is 6.54 Å². The summed E-state index contributed by atoms with van der Waals surface area (Å²) in [4.78, 5) is 23.3. The highest BCUT2D eigenvalue weighted by Crippen LogP contribution is 2.47. The first kappa shape index (κ1) is 16.3. The molecule has 0 spiro atoms. The van der Waals surface area contributed by atoms with Crippen molar-refractivity contribution in [3.63, 3.8) is 0 Å². The molecule has 5 heteroatoms. The normalized spacial score (nSPS) is 20.9. The van der Waals surface area contributed by atoms with E-state index in [4.69, 9.17) is 4.42 Å². The van der Waals surface area contributed by atoms with Gasteiger partial charge in [0.25, 0.3) is 0 Å². The van der Waals surface area contributed by atoms with Crippen LogP contribution in [0.15, 0.2) is 22.6 Å². The average Bonchev–Trinajstić information content (AvgIpc) is 2.95. The second-order valence-corrected chi connectivity index (χ2v) is 6.91. The zero-order chi connectivity index (χ0) is 16.3. The molecule has 1 saturated carbocycles. The van der Waals surface area contributed by atoms with Crippen molar-refractivity contribution < 1.29 is 14.0 Å². The molecule has 2 N–H and O–H groups in total. The van der Waals surface area contributed by atoms with E-state index in [1.807, 2.05) is 32.9 Å². The highest BCUT2D eigenvalue weighted by atomic mass is 16.3. The highest BCUT2D eigenvalue weighted by Gasteiger charge is 2.36. The van der Waals surface area contributed by atoms with E-state index in [-0.39, 0.29) is 23.9 Å². The third-order valence-electron chi connectivity index (χ3n) is 3.46. The van der Waals surface area contributed by atoms with Crippen molar-refractivity contribution in [2.75, 3.05) is 6.54 Å². The lowest BCUT2D eigenvalue weighted by atomic mass is 10.1. The molecule has 0 aliphatic heterocycles. The van der Waals surface area contributed by atoms with Gasteiger partial charge in [-0.05, 0) is 51.3 Å². The maximum Gasteiger partial charge on any atom is 0.244 e. The van der Waals surface area contributed by atoms with E-state index in [1.165, 1.54) is 12.5 Å². The molecular formula is C17H24N2O3. The number of furan rings is 1. The number of nitrogens with one attached hydrogen (secondary N) is 2. The average molecular weight is 304 g/mol. The summed E-state index contributed by atoms with van der Waals surface area (Å²) in [6.45, 7) is 7.83. The molecule has 22 heavy (non-hydrogen) atoms. The van der Waals surface area contributed by atoms with Crippen LogP contribution in [0.4, 0.5) is 0 Å². The number of carbonyl (C=O) groups is 2. The van der Waals surface area contributed by atoms with Gasteiger partial charge < -0.3 is 15.1 Å². The van der Waals surface area contributed by atoms with E-state index < -0.39 is 0 Å². The lowest BCUT2D eigenvalue weighted by molar-refractivity contribution is -0.124. The minimum Gasteiger partial charge on any atom is -0.461 e.